The molecule has 0 radical (unpaired) electrons. The smallest absolute Gasteiger partial charge is 0.139 e. The van der Waals surface area contributed by atoms with E-state index >= 15 is 0 Å². The molecule has 2 aromatic rings. The van der Waals surface area contributed by atoms with Crippen molar-refractivity contribution in [1.82, 2.24) is 9.55 Å². The minimum Gasteiger partial charge on any atom is -0.370 e. The lowest BCUT2D eigenvalue weighted by Crippen LogP contribution is -2.09. The summed E-state index contributed by atoms with van der Waals surface area (Å²) in [5.41, 5.74) is 2.36. The summed E-state index contributed by atoms with van der Waals surface area (Å²) in [6.45, 7) is 4.20. The molecule has 3 heteroatoms. The molecule has 3 rings (SSSR count). The molecule has 2 heterocycles. The summed E-state index contributed by atoms with van der Waals surface area (Å²) in [6, 6.07) is 8.46. The van der Waals surface area contributed by atoms with Gasteiger partial charge in [-0.1, -0.05) is 38.3 Å². The van der Waals surface area contributed by atoms with E-state index < -0.39 is 0 Å². The maximum absolute atomic E-state index is 5.85. The standard InChI is InChI=1S/C17H24N2O/c1-2-3-4-7-12-19-15-10-6-5-9-14(15)18-17(19)16-11-8-13-20-16/h5-6,9-10,16H,2-4,7-8,11-13H2,1H3/t16-/m0/s1. The minimum absolute atomic E-state index is 0.202. The number of unbranched alkanes of at least 4 members (excludes halogenated alkanes) is 3. The third-order valence-electron chi connectivity index (χ3n) is 4.14. The molecule has 0 saturated carbocycles. The number of hydrogen-bond acceptors (Lipinski definition) is 2. The first-order chi connectivity index (χ1) is 9.90. The van der Waals surface area contributed by atoms with Gasteiger partial charge >= 0.3 is 0 Å². The van der Waals surface area contributed by atoms with Crippen molar-refractivity contribution in [3.05, 3.63) is 30.1 Å². The van der Waals surface area contributed by atoms with Gasteiger partial charge in [0.15, 0.2) is 0 Å². The van der Waals surface area contributed by atoms with Gasteiger partial charge in [0.1, 0.15) is 11.9 Å². The van der Waals surface area contributed by atoms with Crippen LogP contribution in [0.15, 0.2) is 24.3 Å². The topological polar surface area (TPSA) is 27.1 Å². The second-order valence-electron chi connectivity index (χ2n) is 5.67. The Hall–Kier alpha value is -1.35. The summed E-state index contributed by atoms with van der Waals surface area (Å²) in [7, 11) is 0. The lowest BCUT2D eigenvalue weighted by atomic mass is 10.2. The number of aryl methyl sites for hydroxylation is 1. The summed E-state index contributed by atoms with van der Waals surface area (Å²) >= 11 is 0. The first kappa shape index (κ1) is 13.6. The van der Waals surface area contributed by atoms with E-state index in [9.17, 15) is 0 Å². The fourth-order valence-corrected chi connectivity index (χ4v) is 3.05. The number of benzene rings is 1. The van der Waals surface area contributed by atoms with Gasteiger partial charge in [0.25, 0.3) is 0 Å². The Morgan fingerprint density at radius 1 is 1.25 bits per heavy atom. The zero-order valence-corrected chi connectivity index (χ0v) is 12.3. The SMILES string of the molecule is CCCCCCn1c([C@@H]2CCCO2)nc2ccccc21. The fraction of sp³-hybridized carbons (Fsp3) is 0.588. The number of rotatable bonds is 6. The van der Waals surface area contributed by atoms with Crippen LogP contribution in [0.2, 0.25) is 0 Å². The summed E-state index contributed by atoms with van der Waals surface area (Å²) in [5.74, 6) is 1.14. The molecular weight excluding hydrogens is 248 g/mol. The van der Waals surface area contributed by atoms with E-state index in [-0.39, 0.29) is 6.10 Å². The molecule has 0 amide bonds. The minimum atomic E-state index is 0.202. The van der Waals surface area contributed by atoms with E-state index in [4.69, 9.17) is 9.72 Å². The third-order valence-corrected chi connectivity index (χ3v) is 4.14. The van der Waals surface area contributed by atoms with Gasteiger partial charge in [-0.2, -0.15) is 0 Å². The van der Waals surface area contributed by atoms with Gasteiger partial charge in [-0.15, -0.1) is 0 Å². The Bertz CT molecular complexity index is 555. The summed E-state index contributed by atoms with van der Waals surface area (Å²) in [5, 5.41) is 0. The lowest BCUT2D eigenvalue weighted by molar-refractivity contribution is 0.102. The quantitative estimate of drug-likeness (QED) is 0.725. The molecule has 1 atom stereocenters. The van der Waals surface area contributed by atoms with E-state index in [1.54, 1.807) is 0 Å². The monoisotopic (exact) mass is 272 g/mol. The Kier molecular flexibility index (Phi) is 4.36. The largest absolute Gasteiger partial charge is 0.370 e. The highest BCUT2D eigenvalue weighted by molar-refractivity contribution is 5.76. The number of hydrogen-bond donors (Lipinski definition) is 0. The van der Waals surface area contributed by atoms with Crippen molar-refractivity contribution in [2.24, 2.45) is 0 Å². The highest BCUT2D eigenvalue weighted by atomic mass is 16.5. The van der Waals surface area contributed by atoms with Crippen LogP contribution >= 0.6 is 0 Å². The zero-order chi connectivity index (χ0) is 13.8. The number of imidazole rings is 1. The van der Waals surface area contributed by atoms with Crippen LogP contribution in [0.4, 0.5) is 0 Å². The maximum Gasteiger partial charge on any atom is 0.139 e. The van der Waals surface area contributed by atoms with Crippen LogP contribution in [0.25, 0.3) is 11.0 Å². The van der Waals surface area contributed by atoms with Crippen molar-refractivity contribution in [3.8, 4) is 0 Å². The van der Waals surface area contributed by atoms with Crippen LogP contribution in [0.1, 0.15) is 57.4 Å². The number of fused-ring (bicyclic) bond motifs is 1. The summed E-state index contributed by atoms with van der Waals surface area (Å²) in [6.07, 6.45) is 7.60. The van der Waals surface area contributed by atoms with Crippen molar-refractivity contribution in [3.63, 3.8) is 0 Å². The Morgan fingerprint density at radius 2 is 2.15 bits per heavy atom. The molecule has 1 aromatic heterocycles. The molecule has 1 fully saturated rings. The van der Waals surface area contributed by atoms with E-state index in [1.165, 1.54) is 31.2 Å². The molecule has 0 aliphatic carbocycles. The fourth-order valence-electron chi connectivity index (χ4n) is 3.05. The van der Waals surface area contributed by atoms with E-state index in [2.05, 4.69) is 35.8 Å². The van der Waals surface area contributed by atoms with Crippen molar-refractivity contribution in [2.75, 3.05) is 6.61 Å². The van der Waals surface area contributed by atoms with Crippen molar-refractivity contribution < 1.29 is 4.74 Å². The highest BCUT2D eigenvalue weighted by Gasteiger charge is 2.24. The molecule has 20 heavy (non-hydrogen) atoms. The zero-order valence-electron chi connectivity index (χ0n) is 12.3. The molecule has 0 bridgehead atoms. The molecule has 1 aliphatic heterocycles. The second-order valence-corrected chi connectivity index (χ2v) is 5.67. The molecule has 108 valence electrons. The normalized spacial score (nSPS) is 18.9. The van der Waals surface area contributed by atoms with Crippen LogP contribution in [-0.4, -0.2) is 16.2 Å². The molecule has 0 N–H and O–H groups in total. The molecule has 1 aromatic carbocycles. The van der Waals surface area contributed by atoms with Gasteiger partial charge < -0.3 is 9.30 Å². The van der Waals surface area contributed by atoms with Crippen molar-refractivity contribution in [2.45, 2.75) is 58.1 Å². The third kappa shape index (κ3) is 2.73. The lowest BCUT2D eigenvalue weighted by Gasteiger charge is -2.13. The van der Waals surface area contributed by atoms with Gasteiger partial charge in [0.2, 0.25) is 0 Å². The van der Waals surface area contributed by atoms with Gasteiger partial charge in [0, 0.05) is 13.2 Å². The van der Waals surface area contributed by atoms with Crippen LogP contribution in [0.3, 0.4) is 0 Å². The van der Waals surface area contributed by atoms with E-state index in [1.807, 2.05) is 0 Å². The number of nitrogens with zero attached hydrogens (tertiary/aromatic N) is 2. The molecule has 3 nitrogen and oxygen atoms in total. The first-order valence-corrected chi connectivity index (χ1v) is 7.97. The average Bonchev–Trinajstić information content (AvgIpc) is 3.11. The van der Waals surface area contributed by atoms with Gasteiger partial charge in [-0.05, 0) is 31.4 Å². The second kappa shape index (κ2) is 6.40. The van der Waals surface area contributed by atoms with Crippen molar-refractivity contribution >= 4 is 11.0 Å². The van der Waals surface area contributed by atoms with Crippen LogP contribution < -0.4 is 0 Å². The molecule has 0 unspecified atom stereocenters. The van der Waals surface area contributed by atoms with Crippen molar-refractivity contribution in [1.29, 1.82) is 0 Å². The predicted octanol–water partition coefficient (Wildman–Crippen LogP) is 4.47. The highest BCUT2D eigenvalue weighted by Crippen LogP contribution is 2.30. The first-order valence-electron chi connectivity index (χ1n) is 7.97. The maximum atomic E-state index is 5.85. The Morgan fingerprint density at radius 3 is 2.95 bits per heavy atom. The molecule has 1 aliphatic rings. The van der Waals surface area contributed by atoms with Crippen LogP contribution in [0, 0.1) is 0 Å². The van der Waals surface area contributed by atoms with Gasteiger partial charge in [-0.3, -0.25) is 0 Å². The molecule has 1 saturated heterocycles. The summed E-state index contributed by atoms with van der Waals surface area (Å²) < 4.78 is 8.24. The van der Waals surface area contributed by atoms with Crippen LogP contribution in [0.5, 0.6) is 0 Å². The molecular formula is C17H24N2O. The van der Waals surface area contributed by atoms with E-state index in [0.717, 1.165) is 37.3 Å². The molecule has 0 spiro atoms. The van der Waals surface area contributed by atoms with Crippen LogP contribution in [-0.2, 0) is 11.3 Å². The number of aromatic nitrogens is 2. The number of ether oxygens (including phenoxy) is 1. The van der Waals surface area contributed by atoms with Gasteiger partial charge in [0.05, 0.1) is 11.0 Å². The average molecular weight is 272 g/mol. The Balaban J connectivity index is 1.87. The Labute approximate surface area is 121 Å². The summed E-state index contributed by atoms with van der Waals surface area (Å²) in [4.78, 5) is 4.83. The predicted molar refractivity (Wildman–Crippen MR) is 81.8 cm³/mol. The number of para-hydroxylation sites is 2. The van der Waals surface area contributed by atoms with E-state index in [0.29, 0.717) is 0 Å². The van der Waals surface area contributed by atoms with Gasteiger partial charge in [-0.25, -0.2) is 4.98 Å².